The first kappa shape index (κ1) is 25.0. The highest BCUT2D eigenvalue weighted by Crippen LogP contribution is 2.44. The molecule has 5 nitrogen and oxygen atoms in total. The van der Waals surface area contributed by atoms with Crippen molar-refractivity contribution in [2.75, 3.05) is 0 Å². The molecule has 1 saturated heterocycles. The summed E-state index contributed by atoms with van der Waals surface area (Å²) in [4.78, 5) is 16.0. The average Bonchev–Trinajstić information content (AvgIpc) is 3.43. The minimum atomic E-state index is -0.930. The number of amides is 1. The predicted molar refractivity (Wildman–Crippen MR) is 150 cm³/mol. The highest BCUT2D eigenvalue weighted by molar-refractivity contribution is 5.93. The minimum Gasteiger partial charge on any atom is -0.373 e. The second-order valence-electron chi connectivity index (χ2n) is 10.6. The summed E-state index contributed by atoms with van der Waals surface area (Å²) in [6.07, 6.45) is 1.65. The van der Waals surface area contributed by atoms with E-state index >= 15 is 0 Å². The van der Waals surface area contributed by atoms with Gasteiger partial charge in [-0.05, 0) is 78.9 Å². The molecular formula is C33H30FN3O2. The Labute approximate surface area is 227 Å². The van der Waals surface area contributed by atoms with Crippen molar-refractivity contribution in [2.45, 2.75) is 44.9 Å². The fraction of sp³-hybridized carbons (Fsp3) is 0.212. The number of hydrogen-bond donors (Lipinski definition) is 1. The zero-order valence-electron chi connectivity index (χ0n) is 22.0. The van der Waals surface area contributed by atoms with Crippen LogP contribution in [-0.2, 0) is 23.2 Å². The molecule has 4 aromatic carbocycles. The van der Waals surface area contributed by atoms with E-state index < -0.39 is 11.6 Å². The molecule has 0 saturated carbocycles. The van der Waals surface area contributed by atoms with Gasteiger partial charge in [0, 0.05) is 18.4 Å². The lowest BCUT2D eigenvalue weighted by Crippen LogP contribution is -2.40. The van der Waals surface area contributed by atoms with Crippen molar-refractivity contribution in [3.8, 4) is 5.69 Å². The molecule has 2 atom stereocenters. The molecule has 1 amide bonds. The third-order valence-electron chi connectivity index (χ3n) is 7.85. The monoisotopic (exact) mass is 519 g/mol. The van der Waals surface area contributed by atoms with Crippen LogP contribution >= 0.6 is 0 Å². The maximum Gasteiger partial charge on any atom is 0.236 e. The lowest BCUT2D eigenvalue weighted by atomic mass is 9.72. The van der Waals surface area contributed by atoms with E-state index in [-0.39, 0.29) is 11.7 Å². The van der Waals surface area contributed by atoms with Gasteiger partial charge in [0.05, 0.1) is 22.8 Å². The summed E-state index contributed by atoms with van der Waals surface area (Å²) in [7, 11) is 0. The molecule has 1 aromatic heterocycles. The molecule has 0 radical (unpaired) electrons. The smallest absolute Gasteiger partial charge is 0.236 e. The van der Waals surface area contributed by atoms with E-state index in [1.54, 1.807) is 27.9 Å². The van der Waals surface area contributed by atoms with Gasteiger partial charge in [0.25, 0.3) is 0 Å². The zero-order chi connectivity index (χ0) is 27.1. The normalized spacial score (nSPS) is 19.2. The number of aliphatic hydroxyl groups is 1. The molecule has 0 spiro atoms. The fourth-order valence-electron chi connectivity index (χ4n) is 6.00. The molecule has 1 aliphatic rings. The number of carbonyl (C=O) groups excluding carboxylic acids is 1. The molecule has 1 aliphatic heterocycles. The van der Waals surface area contributed by atoms with Gasteiger partial charge in [-0.25, -0.2) is 9.07 Å². The maximum absolute atomic E-state index is 14.4. The molecule has 2 unspecified atom stereocenters. The second kappa shape index (κ2) is 9.79. The van der Waals surface area contributed by atoms with Gasteiger partial charge in [-0.1, -0.05) is 60.2 Å². The lowest BCUT2D eigenvalue weighted by molar-refractivity contribution is -0.137. The minimum absolute atomic E-state index is 0.0752. The van der Waals surface area contributed by atoms with Gasteiger partial charge in [-0.2, -0.15) is 5.10 Å². The van der Waals surface area contributed by atoms with E-state index in [9.17, 15) is 14.3 Å². The number of benzene rings is 4. The van der Waals surface area contributed by atoms with E-state index in [0.29, 0.717) is 19.4 Å². The van der Waals surface area contributed by atoms with Crippen LogP contribution in [0.3, 0.4) is 0 Å². The summed E-state index contributed by atoms with van der Waals surface area (Å²) in [5.41, 5.74) is 5.69. The summed E-state index contributed by atoms with van der Waals surface area (Å²) in [5.74, 6) is -0.376. The van der Waals surface area contributed by atoms with Crippen molar-refractivity contribution < 1.29 is 14.3 Å². The molecule has 1 N–H and O–H groups in total. The van der Waals surface area contributed by atoms with Crippen LogP contribution in [0.25, 0.3) is 16.6 Å². The molecule has 196 valence electrons. The second-order valence-corrected chi connectivity index (χ2v) is 10.6. The number of hydrogen-bond acceptors (Lipinski definition) is 3. The number of carbonyl (C=O) groups is 1. The van der Waals surface area contributed by atoms with E-state index in [1.807, 2.05) is 74.5 Å². The van der Waals surface area contributed by atoms with Crippen LogP contribution in [0, 0.1) is 19.7 Å². The van der Waals surface area contributed by atoms with Gasteiger partial charge >= 0.3 is 0 Å². The number of likely N-dealkylation sites (tertiary alicyclic amines) is 1. The number of fused-ring (bicyclic) bond motifs is 1. The summed E-state index contributed by atoms with van der Waals surface area (Å²) < 4.78 is 15.3. The molecule has 6 heteroatoms. The number of aromatic nitrogens is 2. The molecule has 1 fully saturated rings. The van der Waals surface area contributed by atoms with Crippen molar-refractivity contribution in [3.05, 3.63) is 131 Å². The van der Waals surface area contributed by atoms with Gasteiger partial charge < -0.3 is 10.0 Å². The fourth-order valence-corrected chi connectivity index (χ4v) is 6.00. The zero-order valence-corrected chi connectivity index (χ0v) is 22.0. The van der Waals surface area contributed by atoms with E-state index in [1.165, 1.54) is 12.1 Å². The van der Waals surface area contributed by atoms with E-state index in [0.717, 1.165) is 44.4 Å². The van der Waals surface area contributed by atoms with Gasteiger partial charge in [0.2, 0.25) is 5.91 Å². The van der Waals surface area contributed by atoms with Gasteiger partial charge in [0.1, 0.15) is 12.0 Å². The molecule has 0 bridgehead atoms. The van der Waals surface area contributed by atoms with Crippen molar-refractivity contribution >= 4 is 16.8 Å². The number of halogens is 1. The first-order valence-corrected chi connectivity index (χ1v) is 13.2. The topological polar surface area (TPSA) is 58.4 Å². The van der Waals surface area contributed by atoms with Crippen LogP contribution in [0.1, 0.15) is 34.2 Å². The van der Waals surface area contributed by atoms with Gasteiger partial charge in [0.15, 0.2) is 0 Å². The standard InChI is InChI=1S/C33H30FN3O2/c1-22-7-6-10-25(15-22)21-36-31(38)19-33(32(36)39,18-24-8-4-3-5-9-24)29-17-26-20-35-37(30(26)16-23(29)2)28-13-11-27(34)12-14-28/h3-17,20,31,38H,18-19,21H2,1-2H3. The molecular weight excluding hydrogens is 489 g/mol. The van der Waals surface area contributed by atoms with Crippen LogP contribution < -0.4 is 0 Å². The predicted octanol–water partition coefficient (Wildman–Crippen LogP) is 6.01. The van der Waals surface area contributed by atoms with Crippen LogP contribution in [0.2, 0.25) is 0 Å². The Hall–Kier alpha value is -4.29. The number of nitrogens with zero attached hydrogens (tertiary/aromatic N) is 3. The van der Waals surface area contributed by atoms with Crippen LogP contribution in [0.4, 0.5) is 4.39 Å². The Morgan fingerprint density at radius 1 is 0.949 bits per heavy atom. The van der Waals surface area contributed by atoms with Gasteiger partial charge in [-0.15, -0.1) is 0 Å². The first-order chi connectivity index (χ1) is 18.8. The Kier molecular flexibility index (Phi) is 6.28. The molecule has 39 heavy (non-hydrogen) atoms. The Morgan fingerprint density at radius 2 is 1.69 bits per heavy atom. The highest BCUT2D eigenvalue weighted by Gasteiger charge is 2.53. The first-order valence-electron chi connectivity index (χ1n) is 13.2. The Balaban J connectivity index is 1.45. The summed E-state index contributed by atoms with van der Waals surface area (Å²) >= 11 is 0. The number of aliphatic hydroxyl groups excluding tert-OH is 1. The summed E-state index contributed by atoms with van der Waals surface area (Å²) in [5, 5.41) is 16.8. The highest BCUT2D eigenvalue weighted by atomic mass is 19.1. The molecule has 5 aromatic rings. The lowest BCUT2D eigenvalue weighted by Gasteiger charge is -2.30. The number of aryl methyl sites for hydroxylation is 2. The third-order valence-corrected chi connectivity index (χ3v) is 7.85. The van der Waals surface area contributed by atoms with Crippen molar-refractivity contribution in [2.24, 2.45) is 0 Å². The van der Waals surface area contributed by atoms with Crippen LogP contribution in [0.5, 0.6) is 0 Å². The van der Waals surface area contributed by atoms with Crippen molar-refractivity contribution in [1.82, 2.24) is 14.7 Å². The van der Waals surface area contributed by atoms with E-state index in [2.05, 4.69) is 11.2 Å². The molecule has 6 rings (SSSR count). The largest absolute Gasteiger partial charge is 0.373 e. The molecule has 0 aliphatic carbocycles. The van der Waals surface area contributed by atoms with Crippen molar-refractivity contribution in [3.63, 3.8) is 0 Å². The van der Waals surface area contributed by atoms with Crippen LogP contribution in [0.15, 0.2) is 97.2 Å². The summed E-state index contributed by atoms with van der Waals surface area (Å²) in [6.45, 7) is 4.38. The summed E-state index contributed by atoms with van der Waals surface area (Å²) in [6, 6.07) is 28.3. The maximum atomic E-state index is 14.4. The van der Waals surface area contributed by atoms with E-state index in [4.69, 9.17) is 0 Å². The molecule has 2 heterocycles. The Morgan fingerprint density at radius 3 is 2.44 bits per heavy atom. The number of rotatable bonds is 6. The quantitative estimate of drug-likeness (QED) is 0.299. The van der Waals surface area contributed by atoms with Gasteiger partial charge in [-0.3, -0.25) is 4.79 Å². The Bertz CT molecular complexity index is 1660. The third kappa shape index (κ3) is 4.51. The van der Waals surface area contributed by atoms with Crippen LogP contribution in [-0.4, -0.2) is 31.9 Å². The van der Waals surface area contributed by atoms with Crippen molar-refractivity contribution in [1.29, 1.82) is 0 Å². The SMILES string of the molecule is Cc1cccc(CN2C(=O)C(Cc3ccccc3)(c3cc4cnn(-c5ccc(F)cc5)c4cc3C)CC2O)c1. The average molecular weight is 520 g/mol.